The zero-order chi connectivity index (χ0) is 11.4. The van der Waals surface area contributed by atoms with Crippen LogP contribution >= 0.6 is 0 Å². The van der Waals surface area contributed by atoms with Crippen LogP contribution in [0.15, 0.2) is 18.2 Å². The van der Waals surface area contributed by atoms with Crippen molar-refractivity contribution < 1.29 is 9.53 Å². The molecule has 3 nitrogen and oxygen atoms in total. The van der Waals surface area contributed by atoms with Gasteiger partial charge in [0.2, 0.25) is 0 Å². The second-order valence-corrected chi connectivity index (χ2v) is 3.62. The van der Waals surface area contributed by atoms with E-state index >= 15 is 0 Å². The van der Waals surface area contributed by atoms with Crippen molar-refractivity contribution in [1.82, 2.24) is 0 Å². The van der Waals surface area contributed by atoms with E-state index in [1.807, 2.05) is 39.0 Å². The van der Waals surface area contributed by atoms with E-state index in [-0.39, 0.29) is 0 Å². The van der Waals surface area contributed by atoms with Gasteiger partial charge in [0.05, 0.1) is 0 Å². The molecule has 0 fully saturated rings. The third-order valence-electron chi connectivity index (χ3n) is 2.51. The Hall–Kier alpha value is -1.51. The van der Waals surface area contributed by atoms with Gasteiger partial charge < -0.3 is 10.5 Å². The molecule has 0 aliphatic heterocycles. The monoisotopic (exact) mass is 207 g/mol. The molecule has 3 heteroatoms. The van der Waals surface area contributed by atoms with E-state index < -0.39 is 12.0 Å². The number of amides is 1. The zero-order valence-electron chi connectivity index (χ0n) is 9.41. The number of carbonyl (C=O) groups is 1. The van der Waals surface area contributed by atoms with Gasteiger partial charge in [0, 0.05) is 0 Å². The van der Waals surface area contributed by atoms with E-state index in [2.05, 4.69) is 0 Å². The smallest absolute Gasteiger partial charge is 0.258 e. The second kappa shape index (κ2) is 4.82. The number of primary amides is 1. The fourth-order valence-electron chi connectivity index (χ4n) is 1.35. The van der Waals surface area contributed by atoms with E-state index in [1.165, 1.54) is 0 Å². The average Bonchev–Trinajstić information content (AvgIpc) is 2.19. The first-order valence-electron chi connectivity index (χ1n) is 5.08. The van der Waals surface area contributed by atoms with Gasteiger partial charge in [-0.15, -0.1) is 0 Å². The molecule has 82 valence electrons. The molecule has 0 spiro atoms. The fourth-order valence-corrected chi connectivity index (χ4v) is 1.35. The summed E-state index contributed by atoms with van der Waals surface area (Å²) in [5, 5.41) is 0. The first-order chi connectivity index (χ1) is 7.06. The van der Waals surface area contributed by atoms with Crippen molar-refractivity contribution in [3.63, 3.8) is 0 Å². The average molecular weight is 207 g/mol. The van der Waals surface area contributed by atoms with Crippen LogP contribution in [-0.2, 0) is 4.79 Å². The minimum atomic E-state index is -0.537. The maximum absolute atomic E-state index is 11.0. The summed E-state index contributed by atoms with van der Waals surface area (Å²) >= 11 is 0. The van der Waals surface area contributed by atoms with Crippen LogP contribution in [0.4, 0.5) is 0 Å². The quantitative estimate of drug-likeness (QED) is 0.820. The van der Waals surface area contributed by atoms with E-state index in [9.17, 15) is 4.79 Å². The Morgan fingerprint density at radius 2 is 2.13 bits per heavy atom. The highest BCUT2D eigenvalue weighted by atomic mass is 16.5. The van der Waals surface area contributed by atoms with Gasteiger partial charge in [0.25, 0.3) is 5.91 Å². The summed E-state index contributed by atoms with van der Waals surface area (Å²) in [6.45, 7) is 5.85. The number of aryl methyl sites for hydroxylation is 1. The number of nitrogens with two attached hydrogens (primary N) is 1. The highest BCUT2D eigenvalue weighted by Crippen LogP contribution is 2.22. The van der Waals surface area contributed by atoms with Gasteiger partial charge in [-0.25, -0.2) is 0 Å². The Labute approximate surface area is 90.2 Å². The van der Waals surface area contributed by atoms with Crippen LogP contribution in [0, 0.1) is 13.8 Å². The number of hydrogen-bond donors (Lipinski definition) is 1. The van der Waals surface area contributed by atoms with Gasteiger partial charge in [-0.2, -0.15) is 0 Å². The molecule has 15 heavy (non-hydrogen) atoms. The highest BCUT2D eigenvalue weighted by Gasteiger charge is 2.15. The minimum absolute atomic E-state index is 0.418. The predicted octanol–water partition coefficient (Wildman–Crippen LogP) is 1.95. The highest BCUT2D eigenvalue weighted by molar-refractivity contribution is 5.79. The molecule has 0 aromatic heterocycles. The largest absolute Gasteiger partial charge is 0.480 e. The molecule has 0 aliphatic carbocycles. The lowest BCUT2D eigenvalue weighted by Crippen LogP contribution is -2.33. The Morgan fingerprint density at radius 3 is 2.67 bits per heavy atom. The van der Waals surface area contributed by atoms with Crippen LogP contribution in [0.1, 0.15) is 24.5 Å². The molecular weight excluding hydrogens is 190 g/mol. The Balaban J connectivity index is 2.88. The van der Waals surface area contributed by atoms with Crippen LogP contribution in [0.3, 0.4) is 0 Å². The van der Waals surface area contributed by atoms with Gasteiger partial charge in [-0.1, -0.05) is 19.1 Å². The molecule has 1 rings (SSSR count). The predicted molar refractivity (Wildman–Crippen MR) is 59.8 cm³/mol. The van der Waals surface area contributed by atoms with Gasteiger partial charge in [-0.05, 0) is 37.5 Å². The lowest BCUT2D eigenvalue weighted by molar-refractivity contribution is -0.124. The molecule has 1 amide bonds. The molecule has 0 saturated carbocycles. The minimum Gasteiger partial charge on any atom is -0.480 e. The van der Waals surface area contributed by atoms with Crippen molar-refractivity contribution in [2.24, 2.45) is 5.73 Å². The van der Waals surface area contributed by atoms with E-state index in [4.69, 9.17) is 10.5 Å². The maximum Gasteiger partial charge on any atom is 0.258 e. The van der Waals surface area contributed by atoms with Gasteiger partial charge in [0.1, 0.15) is 5.75 Å². The number of ether oxygens (including phenoxy) is 1. The third kappa shape index (κ3) is 2.72. The Bertz CT molecular complexity index is 361. The summed E-state index contributed by atoms with van der Waals surface area (Å²) in [7, 11) is 0. The summed E-state index contributed by atoms with van der Waals surface area (Å²) in [6.07, 6.45) is 0.0495. The lowest BCUT2D eigenvalue weighted by Gasteiger charge is -2.16. The van der Waals surface area contributed by atoms with Gasteiger partial charge in [-0.3, -0.25) is 4.79 Å². The van der Waals surface area contributed by atoms with Crippen molar-refractivity contribution in [3.8, 4) is 5.75 Å². The molecule has 1 aromatic carbocycles. The van der Waals surface area contributed by atoms with Gasteiger partial charge >= 0.3 is 0 Å². The first-order valence-corrected chi connectivity index (χ1v) is 5.08. The molecule has 0 radical (unpaired) electrons. The Kier molecular flexibility index (Phi) is 3.72. The number of carbonyl (C=O) groups excluding carboxylic acids is 1. The van der Waals surface area contributed by atoms with Crippen LogP contribution in [0.5, 0.6) is 5.75 Å². The summed E-state index contributed by atoms with van der Waals surface area (Å²) in [5.41, 5.74) is 7.42. The van der Waals surface area contributed by atoms with Crippen molar-refractivity contribution >= 4 is 5.91 Å². The molecule has 0 unspecified atom stereocenters. The number of benzene rings is 1. The normalized spacial score (nSPS) is 12.2. The van der Waals surface area contributed by atoms with E-state index in [1.54, 1.807) is 0 Å². The lowest BCUT2D eigenvalue weighted by atomic mass is 10.1. The summed E-state index contributed by atoms with van der Waals surface area (Å²) in [6, 6.07) is 5.77. The van der Waals surface area contributed by atoms with Crippen molar-refractivity contribution in [2.45, 2.75) is 33.3 Å². The third-order valence-corrected chi connectivity index (χ3v) is 2.51. The molecular formula is C12H17NO2. The van der Waals surface area contributed by atoms with E-state index in [0.717, 1.165) is 16.9 Å². The van der Waals surface area contributed by atoms with Gasteiger partial charge in [0.15, 0.2) is 6.10 Å². The summed E-state index contributed by atoms with van der Waals surface area (Å²) in [5.74, 6) is 0.319. The molecule has 0 aliphatic rings. The van der Waals surface area contributed by atoms with E-state index in [0.29, 0.717) is 6.42 Å². The summed E-state index contributed by atoms with van der Waals surface area (Å²) < 4.78 is 5.56. The molecule has 2 N–H and O–H groups in total. The standard InChI is InChI=1S/C12H17NO2/c1-4-10(12(13)14)15-11-7-5-6-8(2)9(11)3/h5-7,10H,4H2,1-3H3,(H2,13,14)/t10-/m1/s1. The van der Waals surface area contributed by atoms with Crippen molar-refractivity contribution in [3.05, 3.63) is 29.3 Å². The number of rotatable bonds is 4. The second-order valence-electron chi connectivity index (χ2n) is 3.62. The summed E-state index contributed by atoms with van der Waals surface area (Å²) in [4.78, 5) is 11.0. The molecule has 1 atom stereocenters. The molecule has 0 bridgehead atoms. The SMILES string of the molecule is CC[C@@H](Oc1cccc(C)c1C)C(N)=O. The van der Waals surface area contributed by atoms with Crippen molar-refractivity contribution in [1.29, 1.82) is 0 Å². The first kappa shape index (κ1) is 11.6. The molecule has 0 saturated heterocycles. The van der Waals surface area contributed by atoms with Crippen LogP contribution in [0.25, 0.3) is 0 Å². The maximum atomic E-state index is 11.0. The molecule has 1 aromatic rings. The van der Waals surface area contributed by atoms with Crippen LogP contribution in [-0.4, -0.2) is 12.0 Å². The van der Waals surface area contributed by atoms with Crippen LogP contribution in [0.2, 0.25) is 0 Å². The zero-order valence-corrected chi connectivity index (χ0v) is 9.41. The van der Waals surface area contributed by atoms with Crippen LogP contribution < -0.4 is 10.5 Å². The fraction of sp³-hybridized carbons (Fsp3) is 0.417. The van der Waals surface area contributed by atoms with Crippen molar-refractivity contribution in [2.75, 3.05) is 0 Å². The number of hydrogen-bond acceptors (Lipinski definition) is 2. The molecule has 0 heterocycles. The topological polar surface area (TPSA) is 52.3 Å². The Morgan fingerprint density at radius 1 is 1.47 bits per heavy atom.